The number of carbonyl (C=O) groups is 3. The highest BCUT2D eigenvalue weighted by Gasteiger charge is 2.25. The van der Waals surface area contributed by atoms with Crippen molar-refractivity contribution < 1.29 is 18.8 Å². The van der Waals surface area contributed by atoms with Gasteiger partial charge in [-0.1, -0.05) is 44.7 Å². The minimum Gasteiger partial charge on any atom is -0.368 e. The molecule has 26 heavy (non-hydrogen) atoms. The molecule has 0 aromatic heterocycles. The molecule has 0 aliphatic carbocycles. The maximum atomic E-state index is 13.4. The van der Waals surface area contributed by atoms with Crippen LogP contribution in [0.5, 0.6) is 0 Å². The predicted octanol–water partition coefficient (Wildman–Crippen LogP) is 1.81. The van der Waals surface area contributed by atoms with Crippen LogP contribution in [0.4, 0.5) is 4.39 Å². The average molecular weight is 365 g/mol. The van der Waals surface area contributed by atoms with Crippen LogP contribution in [0.2, 0.25) is 0 Å². The van der Waals surface area contributed by atoms with Gasteiger partial charge in [0.05, 0.1) is 0 Å². The van der Waals surface area contributed by atoms with Gasteiger partial charge in [-0.05, 0) is 24.1 Å². The zero-order chi connectivity index (χ0) is 19.5. The normalized spacial score (nSPS) is 12.9. The summed E-state index contributed by atoms with van der Waals surface area (Å²) < 4.78 is 13.4. The van der Waals surface area contributed by atoms with Crippen molar-refractivity contribution in [2.24, 2.45) is 5.73 Å². The van der Waals surface area contributed by atoms with E-state index in [1.54, 1.807) is 6.07 Å². The second-order valence-electron chi connectivity index (χ2n) is 6.40. The van der Waals surface area contributed by atoms with Gasteiger partial charge in [0.25, 0.3) is 0 Å². The molecule has 0 fully saturated rings. The van der Waals surface area contributed by atoms with E-state index in [2.05, 4.69) is 17.6 Å². The Morgan fingerprint density at radius 1 is 1.12 bits per heavy atom. The van der Waals surface area contributed by atoms with E-state index in [9.17, 15) is 18.8 Å². The van der Waals surface area contributed by atoms with Gasteiger partial charge in [-0.3, -0.25) is 14.4 Å². The van der Waals surface area contributed by atoms with Gasteiger partial charge in [-0.2, -0.15) is 0 Å². The Balaban J connectivity index is 2.76. The van der Waals surface area contributed by atoms with Crippen molar-refractivity contribution in [3.63, 3.8) is 0 Å². The van der Waals surface area contributed by atoms with E-state index in [0.29, 0.717) is 12.0 Å². The first kappa shape index (κ1) is 21.6. The molecule has 0 heterocycles. The minimum absolute atomic E-state index is 0.116. The molecule has 0 spiro atoms. The molecule has 0 bridgehead atoms. The number of carbonyl (C=O) groups excluding carboxylic acids is 3. The Hall–Kier alpha value is -2.44. The molecular weight excluding hydrogens is 337 g/mol. The Morgan fingerprint density at radius 3 is 2.42 bits per heavy atom. The first-order chi connectivity index (χ1) is 12.3. The molecule has 0 radical (unpaired) electrons. The van der Waals surface area contributed by atoms with Crippen LogP contribution < -0.4 is 16.4 Å². The summed E-state index contributed by atoms with van der Waals surface area (Å²) in [6, 6.07) is 4.11. The van der Waals surface area contributed by atoms with Crippen LogP contribution in [0.3, 0.4) is 0 Å². The van der Waals surface area contributed by atoms with Gasteiger partial charge in [0.15, 0.2) is 0 Å². The number of rotatable bonds is 11. The molecule has 1 rings (SSSR count). The second kappa shape index (κ2) is 11.2. The van der Waals surface area contributed by atoms with Gasteiger partial charge in [-0.15, -0.1) is 0 Å². The van der Waals surface area contributed by atoms with Crippen molar-refractivity contribution >= 4 is 17.7 Å². The summed E-state index contributed by atoms with van der Waals surface area (Å²) in [6.45, 7) is 3.37. The molecule has 0 aliphatic heterocycles. The van der Waals surface area contributed by atoms with Crippen LogP contribution in [0.1, 0.15) is 51.5 Å². The Bertz CT molecular complexity index is 622. The lowest BCUT2D eigenvalue weighted by Gasteiger charge is -2.21. The third-order valence-electron chi connectivity index (χ3n) is 4.03. The highest BCUT2D eigenvalue weighted by molar-refractivity contribution is 5.91. The fourth-order valence-electron chi connectivity index (χ4n) is 2.69. The Morgan fingerprint density at radius 2 is 1.85 bits per heavy atom. The summed E-state index contributed by atoms with van der Waals surface area (Å²) in [5, 5.41) is 5.15. The SMILES string of the molecule is CCCCCC[C@H](NC(=O)[C@H](Cc1cccc(F)c1)NC(C)=O)C(N)=O. The molecule has 0 saturated carbocycles. The van der Waals surface area contributed by atoms with Gasteiger partial charge in [0.2, 0.25) is 17.7 Å². The van der Waals surface area contributed by atoms with Gasteiger partial charge >= 0.3 is 0 Å². The van der Waals surface area contributed by atoms with Crippen molar-refractivity contribution in [3.05, 3.63) is 35.6 Å². The summed E-state index contributed by atoms with van der Waals surface area (Å²) in [5.41, 5.74) is 5.95. The molecule has 3 amide bonds. The van der Waals surface area contributed by atoms with Crippen molar-refractivity contribution in [2.45, 2.75) is 64.5 Å². The van der Waals surface area contributed by atoms with Gasteiger partial charge in [-0.25, -0.2) is 4.39 Å². The second-order valence-corrected chi connectivity index (χ2v) is 6.40. The van der Waals surface area contributed by atoms with E-state index in [-0.39, 0.29) is 12.3 Å². The molecule has 1 aromatic carbocycles. The first-order valence-corrected chi connectivity index (χ1v) is 8.94. The Labute approximate surface area is 153 Å². The van der Waals surface area contributed by atoms with E-state index in [1.807, 2.05) is 0 Å². The number of halogens is 1. The smallest absolute Gasteiger partial charge is 0.243 e. The summed E-state index contributed by atoms with van der Waals surface area (Å²) in [7, 11) is 0. The maximum Gasteiger partial charge on any atom is 0.243 e. The Kier molecular flexibility index (Phi) is 9.33. The molecule has 0 saturated heterocycles. The van der Waals surface area contributed by atoms with Gasteiger partial charge < -0.3 is 16.4 Å². The van der Waals surface area contributed by atoms with Crippen molar-refractivity contribution in [1.82, 2.24) is 10.6 Å². The lowest BCUT2D eigenvalue weighted by molar-refractivity contribution is -0.130. The van der Waals surface area contributed by atoms with E-state index in [4.69, 9.17) is 5.73 Å². The standard InChI is InChI=1S/C19H28FN3O3/c1-3-4-5-6-10-16(18(21)25)23-19(26)17(22-13(2)24)12-14-8-7-9-15(20)11-14/h7-9,11,16-17H,3-6,10,12H2,1-2H3,(H2,21,25)(H,22,24)(H,23,26)/t16-,17-/m0/s1. The van der Waals surface area contributed by atoms with Crippen LogP contribution in [0.15, 0.2) is 24.3 Å². The van der Waals surface area contributed by atoms with Crippen LogP contribution in [0, 0.1) is 5.82 Å². The lowest BCUT2D eigenvalue weighted by atomic mass is 10.0. The van der Waals surface area contributed by atoms with Crippen LogP contribution in [0.25, 0.3) is 0 Å². The minimum atomic E-state index is -0.910. The number of hydrogen-bond acceptors (Lipinski definition) is 3. The van der Waals surface area contributed by atoms with Crippen molar-refractivity contribution in [2.75, 3.05) is 0 Å². The van der Waals surface area contributed by atoms with Crippen LogP contribution >= 0.6 is 0 Å². The quantitative estimate of drug-likeness (QED) is 0.521. The van der Waals surface area contributed by atoms with Gasteiger partial charge in [0, 0.05) is 13.3 Å². The molecule has 6 nitrogen and oxygen atoms in total. The number of primary amides is 1. The highest BCUT2D eigenvalue weighted by Crippen LogP contribution is 2.09. The van der Waals surface area contributed by atoms with E-state index in [1.165, 1.54) is 25.1 Å². The van der Waals surface area contributed by atoms with E-state index >= 15 is 0 Å². The number of hydrogen-bond donors (Lipinski definition) is 3. The number of benzene rings is 1. The molecular formula is C19H28FN3O3. The maximum absolute atomic E-state index is 13.4. The molecule has 4 N–H and O–H groups in total. The molecule has 2 atom stereocenters. The van der Waals surface area contributed by atoms with Crippen LogP contribution in [-0.2, 0) is 20.8 Å². The molecule has 0 unspecified atom stereocenters. The van der Waals surface area contributed by atoms with Gasteiger partial charge in [0.1, 0.15) is 17.9 Å². The summed E-state index contributed by atoms with van der Waals surface area (Å²) in [4.78, 5) is 35.6. The number of nitrogens with one attached hydrogen (secondary N) is 2. The number of nitrogens with two attached hydrogens (primary N) is 1. The monoisotopic (exact) mass is 365 g/mol. The molecule has 144 valence electrons. The number of amides is 3. The zero-order valence-electron chi connectivity index (χ0n) is 15.4. The summed E-state index contributed by atoms with van der Waals surface area (Å²) >= 11 is 0. The fraction of sp³-hybridized carbons (Fsp3) is 0.526. The van der Waals surface area contributed by atoms with E-state index < -0.39 is 29.7 Å². The van der Waals surface area contributed by atoms with Crippen molar-refractivity contribution in [3.8, 4) is 0 Å². The zero-order valence-corrected chi connectivity index (χ0v) is 15.4. The van der Waals surface area contributed by atoms with Crippen molar-refractivity contribution in [1.29, 1.82) is 0 Å². The molecule has 0 aliphatic rings. The van der Waals surface area contributed by atoms with Crippen LogP contribution in [-0.4, -0.2) is 29.8 Å². The highest BCUT2D eigenvalue weighted by atomic mass is 19.1. The van der Waals surface area contributed by atoms with E-state index in [0.717, 1.165) is 25.7 Å². The average Bonchev–Trinajstić information content (AvgIpc) is 2.56. The lowest BCUT2D eigenvalue weighted by Crippen LogP contribution is -2.53. The topological polar surface area (TPSA) is 101 Å². The predicted molar refractivity (Wildman–Crippen MR) is 97.6 cm³/mol. The number of unbranched alkanes of at least 4 members (excludes halogenated alkanes) is 3. The largest absolute Gasteiger partial charge is 0.368 e. The molecule has 7 heteroatoms. The molecule has 1 aromatic rings. The fourth-order valence-corrected chi connectivity index (χ4v) is 2.69. The third-order valence-corrected chi connectivity index (χ3v) is 4.03. The summed E-state index contributed by atoms with van der Waals surface area (Å²) in [6.07, 6.45) is 4.41. The first-order valence-electron chi connectivity index (χ1n) is 8.94. The summed E-state index contributed by atoms with van der Waals surface area (Å²) in [5.74, 6) is -1.93. The third kappa shape index (κ3) is 8.09.